The Hall–Kier alpha value is -4.36. The summed E-state index contributed by atoms with van der Waals surface area (Å²) in [5.74, 6) is 1.70. The summed E-state index contributed by atoms with van der Waals surface area (Å²) in [7, 11) is 0. The minimum Gasteiger partial charge on any atom is -0.309 e. The van der Waals surface area contributed by atoms with Crippen molar-refractivity contribution in [3.8, 4) is 16.8 Å². The van der Waals surface area contributed by atoms with Crippen LogP contribution >= 0.6 is 0 Å². The molecule has 2 atom stereocenters. The molecule has 0 spiro atoms. The first-order chi connectivity index (χ1) is 21.1. The highest BCUT2D eigenvalue weighted by atomic mass is 15.0. The zero-order chi connectivity index (χ0) is 28.6. The summed E-state index contributed by atoms with van der Waals surface area (Å²) in [5, 5.41) is 2.62. The van der Waals surface area contributed by atoms with Crippen LogP contribution in [0.5, 0.6) is 0 Å². The molecule has 4 aliphatic rings. The molecule has 43 heavy (non-hydrogen) atoms. The van der Waals surface area contributed by atoms with E-state index in [9.17, 15) is 0 Å². The van der Waals surface area contributed by atoms with E-state index in [1.807, 2.05) is 6.08 Å². The lowest BCUT2D eigenvalue weighted by molar-refractivity contribution is -0.0281. The standard InChI is InChI=1S/C42H37N/c1-2-29-12-17-34(18-13-29)41-24-30-22-31(25-41)27-42(26-30,28-41)35-19-14-32(15-20-35)33-16-21-40-38(23-33)37-10-6-7-11-39(37)43(40)36-8-4-3-5-9-36/h2-21,23,30-31H,1,22,24-28H2. The van der Waals surface area contributed by atoms with Gasteiger partial charge in [-0.25, -0.2) is 0 Å². The van der Waals surface area contributed by atoms with E-state index in [1.165, 1.54) is 82.7 Å². The summed E-state index contributed by atoms with van der Waals surface area (Å²) >= 11 is 0. The fourth-order valence-electron chi connectivity index (χ4n) is 9.93. The molecule has 4 aliphatic carbocycles. The molecule has 0 aliphatic heterocycles. The Balaban J connectivity index is 1.09. The molecule has 4 saturated carbocycles. The highest BCUT2D eigenvalue weighted by Crippen LogP contribution is 2.66. The summed E-state index contributed by atoms with van der Waals surface area (Å²) in [6.45, 7) is 3.97. The molecular weight excluding hydrogens is 518 g/mol. The molecule has 1 heteroatoms. The van der Waals surface area contributed by atoms with Gasteiger partial charge in [-0.05, 0) is 119 Å². The van der Waals surface area contributed by atoms with Gasteiger partial charge in [0.1, 0.15) is 0 Å². The summed E-state index contributed by atoms with van der Waals surface area (Å²) in [6.07, 6.45) is 10.2. The van der Waals surface area contributed by atoms with Crippen molar-refractivity contribution >= 4 is 27.9 Å². The van der Waals surface area contributed by atoms with Crippen LogP contribution in [0.2, 0.25) is 0 Å². The van der Waals surface area contributed by atoms with Crippen LogP contribution in [0, 0.1) is 11.8 Å². The first kappa shape index (κ1) is 25.2. The van der Waals surface area contributed by atoms with E-state index in [1.54, 1.807) is 11.1 Å². The lowest BCUT2D eigenvalue weighted by Crippen LogP contribution is -2.55. The predicted octanol–water partition coefficient (Wildman–Crippen LogP) is 10.9. The van der Waals surface area contributed by atoms with E-state index in [-0.39, 0.29) is 0 Å². The maximum absolute atomic E-state index is 3.97. The zero-order valence-electron chi connectivity index (χ0n) is 24.7. The van der Waals surface area contributed by atoms with Gasteiger partial charge < -0.3 is 4.57 Å². The van der Waals surface area contributed by atoms with E-state index in [2.05, 4.69) is 132 Å². The molecule has 210 valence electrons. The third-order valence-corrected chi connectivity index (χ3v) is 11.3. The Kier molecular flexibility index (Phi) is 5.45. The van der Waals surface area contributed by atoms with Crippen molar-refractivity contribution in [1.29, 1.82) is 0 Å². The van der Waals surface area contributed by atoms with Crippen LogP contribution in [-0.2, 0) is 10.8 Å². The molecule has 1 heterocycles. The molecule has 0 saturated heterocycles. The van der Waals surface area contributed by atoms with Crippen molar-refractivity contribution in [3.05, 3.63) is 145 Å². The minimum atomic E-state index is 0.312. The van der Waals surface area contributed by atoms with Crippen molar-refractivity contribution in [1.82, 2.24) is 4.57 Å². The van der Waals surface area contributed by atoms with Crippen LogP contribution in [0.25, 0.3) is 44.7 Å². The number of rotatable bonds is 5. The third kappa shape index (κ3) is 3.84. The average molecular weight is 556 g/mol. The first-order valence-electron chi connectivity index (χ1n) is 16.1. The van der Waals surface area contributed by atoms with Gasteiger partial charge >= 0.3 is 0 Å². The molecule has 0 amide bonds. The number of para-hydroxylation sites is 2. The summed E-state index contributed by atoms with van der Waals surface area (Å²) in [4.78, 5) is 0. The quantitative estimate of drug-likeness (QED) is 0.199. The largest absolute Gasteiger partial charge is 0.309 e. The Morgan fingerprint density at radius 2 is 1.16 bits per heavy atom. The topological polar surface area (TPSA) is 4.93 Å². The Morgan fingerprint density at radius 3 is 1.84 bits per heavy atom. The summed E-state index contributed by atoms with van der Waals surface area (Å²) in [6, 6.07) is 45.7. The van der Waals surface area contributed by atoms with Gasteiger partial charge in [-0.3, -0.25) is 0 Å². The molecule has 1 nitrogen and oxygen atoms in total. The monoisotopic (exact) mass is 555 g/mol. The van der Waals surface area contributed by atoms with Crippen LogP contribution in [0.4, 0.5) is 0 Å². The third-order valence-electron chi connectivity index (χ3n) is 11.3. The number of hydrogen-bond acceptors (Lipinski definition) is 0. The van der Waals surface area contributed by atoms with Gasteiger partial charge in [-0.15, -0.1) is 0 Å². The molecule has 4 bridgehead atoms. The number of nitrogens with zero attached hydrogens (tertiary/aromatic N) is 1. The molecule has 1 aromatic heterocycles. The maximum atomic E-state index is 3.97. The Morgan fingerprint density at radius 1 is 0.581 bits per heavy atom. The van der Waals surface area contributed by atoms with Gasteiger partial charge in [0.2, 0.25) is 0 Å². The first-order valence-corrected chi connectivity index (χ1v) is 16.1. The van der Waals surface area contributed by atoms with Crippen molar-refractivity contribution in [2.45, 2.75) is 49.4 Å². The van der Waals surface area contributed by atoms with Gasteiger partial charge in [0.25, 0.3) is 0 Å². The predicted molar refractivity (Wildman–Crippen MR) is 181 cm³/mol. The second kappa shape index (κ2) is 9.32. The van der Waals surface area contributed by atoms with Crippen molar-refractivity contribution in [3.63, 3.8) is 0 Å². The van der Waals surface area contributed by atoms with Gasteiger partial charge in [-0.1, -0.05) is 104 Å². The summed E-state index contributed by atoms with van der Waals surface area (Å²) < 4.78 is 2.39. The fraction of sp³-hybridized carbons (Fsp3) is 0.238. The van der Waals surface area contributed by atoms with Crippen molar-refractivity contribution in [2.24, 2.45) is 11.8 Å². The number of benzene rings is 5. The number of hydrogen-bond donors (Lipinski definition) is 0. The molecule has 10 rings (SSSR count). The highest BCUT2D eigenvalue weighted by molar-refractivity contribution is 6.10. The highest BCUT2D eigenvalue weighted by Gasteiger charge is 2.58. The lowest BCUT2D eigenvalue weighted by Gasteiger charge is -2.63. The summed E-state index contributed by atoms with van der Waals surface area (Å²) in [5.41, 5.74) is 11.3. The zero-order valence-corrected chi connectivity index (χ0v) is 24.7. The smallest absolute Gasteiger partial charge is 0.0541 e. The maximum Gasteiger partial charge on any atom is 0.0541 e. The van der Waals surface area contributed by atoms with Gasteiger partial charge in [0.15, 0.2) is 0 Å². The second-order valence-corrected chi connectivity index (χ2v) is 13.8. The molecule has 0 radical (unpaired) electrons. The molecule has 0 N–H and O–H groups in total. The molecular formula is C42H37N. The SMILES string of the molecule is C=Cc1ccc(C23CC4CC(C2)CC(c2ccc(-c5ccc6c(c5)c5ccccc5n6-c5ccccc5)cc2)(C4)C3)cc1. The Bertz CT molecular complexity index is 1980. The van der Waals surface area contributed by atoms with E-state index < -0.39 is 0 Å². The van der Waals surface area contributed by atoms with E-state index >= 15 is 0 Å². The second-order valence-electron chi connectivity index (χ2n) is 13.8. The van der Waals surface area contributed by atoms with E-state index in [0.29, 0.717) is 10.8 Å². The minimum absolute atomic E-state index is 0.312. The van der Waals surface area contributed by atoms with Crippen molar-refractivity contribution in [2.75, 3.05) is 0 Å². The van der Waals surface area contributed by atoms with E-state index in [4.69, 9.17) is 0 Å². The van der Waals surface area contributed by atoms with Crippen LogP contribution < -0.4 is 0 Å². The van der Waals surface area contributed by atoms with Crippen LogP contribution in [0.15, 0.2) is 128 Å². The molecule has 6 aromatic rings. The molecule has 5 aromatic carbocycles. The van der Waals surface area contributed by atoms with Gasteiger partial charge in [0, 0.05) is 16.5 Å². The molecule has 4 fully saturated rings. The fourth-order valence-corrected chi connectivity index (χ4v) is 9.93. The lowest BCUT2D eigenvalue weighted by atomic mass is 9.41. The van der Waals surface area contributed by atoms with Crippen LogP contribution in [0.3, 0.4) is 0 Å². The number of fused-ring (bicyclic) bond motifs is 3. The van der Waals surface area contributed by atoms with Gasteiger partial charge in [0.05, 0.1) is 11.0 Å². The van der Waals surface area contributed by atoms with E-state index in [0.717, 1.165) is 11.8 Å². The van der Waals surface area contributed by atoms with Crippen molar-refractivity contribution < 1.29 is 0 Å². The van der Waals surface area contributed by atoms with Gasteiger partial charge in [-0.2, -0.15) is 0 Å². The molecule has 2 unspecified atom stereocenters. The van der Waals surface area contributed by atoms with Crippen LogP contribution in [0.1, 0.15) is 55.2 Å². The van der Waals surface area contributed by atoms with Crippen LogP contribution in [-0.4, -0.2) is 4.57 Å². The average Bonchev–Trinajstić information content (AvgIpc) is 3.38. The normalized spacial score (nSPS) is 25.9. The number of aromatic nitrogens is 1. The Labute approximate surface area is 254 Å².